The summed E-state index contributed by atoms with van der Waals surface area (Å²) < 4.78 is 0. The number of carbonyl (C=O) groups is 1. The minimum atomic E-state index is 0. The molecule has 0 aromatic carbocycles. The van der Waals surface area contributed by atoms with Gasteiger partial charge in [0, 0.05) is 19.1 Å². The van der Waals surface area contributed by atoms with Gasteiger partial charge in [0.1, 0.15) is 0 Å². The first-order valence-corrected chi connectivity index (χ1v) is 6.44. The lowest BCUT2D eigenvalue weighted by Crippen LogP contribution is -2.37. The van der Waals surface area contributed by atoms with E-state index in [9.17, 15) is 4.79 Å². The lowest BCUT2D eigenvalue weighted by atomic mass is 10.2. The molecule has 15 heavy (non-hydrogen) atoms. The summed E-state index contributed by atoms with van der Waals surface area (Å²) in [6, 6.07) is 0.519. The zero-order valence-corrected chi connectivity index (χ0v) is 10.7. The SMILES string of the molecule is CNC1CCN(C(=O)C2CCCS2)C1.Cl. The van der Waals surface area contributed by atoms with Crippen LogP contribution >= 0.6 is 24.2 Å². The van der Waals surface area contributed by atoms with Gasteiger partial charge in [-0.1, -0.05) is 0 Å². The van der Waals surface area contributed by atoms with E-state index in [0.29, 0.717) is 11.9 Å². The number of hydrogen-bond donors (Lipinski definition) is 1. The lowest BCUT2D eigenvalue weighted by Gasteiger charge is -2.19. The summed E-state index contributed by atoms with van der Waals surface area (Å²) in [7, 11) is 1.98. The first-order chi connectivity index (χ1) is 6.81. The van der Waals surface area contributed by atoms with Crippen molar-refractivity contribution in [2.45, 2.75) is 30.6 Å². The number of carbonyl (C=O) groups excluding carboxylic acids is 1. The van der Waals surface area contributed by atoms with Gasteiger partial charge in [0.25, 0.3) is 0 Å². The quantitative estimate of drug-likeness (QED) is 0.798. The number of likely N-dealkylation sites (N-methyl/N-ethyl adjacent to an activating group) is 1. The van der Waals surface area contributed by atoms with Crippen LogP contribution in [0.2, 0.25) is 0 Å². The van der Waals surface area contributed by atoms with Crippen LogP contribution in [0, 0.1) is 0 Å². The Balaban J connectivity index is 0.00000112. The molecule has 3 nitrogen and oxygen atoms in total. The summed E-state index contributed by atoms with van der Waals surface area (Å²) in [5.74, 6) is 1.55. The Labute approximate surface area is 102 Å². The molecule has 2 aliphatic rings. The smallest absolute Gasteiger partial charge is 0.235 e. The highest BCUT2D eigenvalue weighted by Crippen LogP contribution is 2.28. The van der Waals surface area contributed by atoms with Crippen LogP contribution in [0.5, 0.6) is 0 Å². The van der Waals surface area contributed by atoms with Gasteiger partial charge in [-0.3, -0.25) is 4.79 Å². The fraction of sp³-hybridized carbons (Fsp3) is 0.900. The van der Waals surface area contributed by atoms with E-state index >= 15 is 0 Å². The van der Waals surface area contributed by atoms with Crippen LogP contribution in [-0.4, -0.2) is 48.0 Å². The zero-order chi connectivity index (χ0) is 9.97. The van der Waals surface area contributed by atoms with E-state index in [2.05, 4.69) is 5.32 Å². The van der Waals surface area contributed by atoms with E-state index in [1.54, 1.807) is 0 Å². The summed E-state index contributed by atoms with van der Waals surface area (Å²) in [6.45, 7) is 1.85. The summed E-state index contributed by atoms with van der Waals surface area (Å²) >= 11 is 1.83. The standard InChI is InChI=1S/C10H18N2OS.ClH/c1-11-8-4-5-12(7-8)10(13)9-3-2-6-14-9;/h8-9,11H,2-7H2,1H3;1H. The Kier molecular flexibility index (Phi) is 5.23. The van der Waals surface area contributed by atoms with Gasteiger partial charge in [0.05, 0.1) is 5.25 Å². The molecule has 88 valence electrons. The number of amides is 1. The third-order valence-corrected chi connectivity index (χ3v) is 4.48. The van der Waals surface area contributed by atoms with E-state index in [0.717, 1.165) is 25.9 Å². The van der Waals surface area contributed by atoms with E-state index in [1.165, 1.54) is 12.2 Å². The second-order valence-electron chi connectivity index (χ2n) is 4.06. The van der Waals surface area contributed by atoms with Crippen molar-refractivity contribution in [3.05, 3.63) is 0 Å². The maximum absolute atomic E-state index is 12.0. The van der Waals surface area contributed by atoms with Crippen molar-refractivity contribution < 1.29 is 4.79 Å². The van der Waals surface area contributed by atoms with E-state index in [-0.39, 0.29) is 17.7 Å². The Morgan fingerprint density at radius 1 is 1.47 bits per heavy atom. The average Bonchev–Trinajstić information content (AvgIpc) is 2.88. The molecule has 0 aromatic heterocycles. The molecule has 0 radical (unpaired) electrons. The van der Waals surface area contributed by atoms with E-state index < -0.39 is 0 Å². The maximum atomic E-state index is 12.0. The Hall–Kier alpha value is 0.0700. The third kappa shape index (κ3) is 3.02. The van der Waals surface area contributed by atoms with Gasteiger partial charge < -0.3 is 10.2 Å². The second-order valence-corrected chi connectivity index (χ2v) is 5.37. The van der Waals surface area contributed by atoms with Crippen LogP contribution in [0.15, 0.2) is 0 Å². The van der Waals surface area contributed by atoms with Gasteiger partial charge >= 0.3 is 0 Å². The molecular formula is C10H19ClN2OS. The summed E-state index contributed by atoms with van der Waals surface area (Å²) in [6.07, 6.45) is 3.41. The van der Waals surface area contributed by atoms with Crippen molar-refractivity contribution in [2.24, 2.45) is 0 Å². The molecule has 2 atom stereocenters. The molecule has 0 saturated carbocycles. The van der Waals surface area contributed by atoms with Crippen molar-refractivity contribution in [1.82, 2.24) is 10.2 Å². The lowest BCUT2D eigenvalue weighted by molar-refractivity contribution is -0.129. The van der Waals surface area contributed by atoms with Gasteiger partial charge in [-0.2, -0.15) is 0 Å². The molecule has 1 N–H and O–H groups in total. The molecule has 2 rings (SSSR count). The molecule has 2 unspecified atom stereocenters. The number of rotatable bonds is 2. The number of hydrogen-bond acceptors (Lipinski definition) is 3. The highest BCUT2D eigenvalue weighted by molar-refractivity contribution is 8.00. The van der Waals surface area contributed by atoms with E-state index in [1.807, 2.05) is 23.7 Å². The fourth-order valence-electron chi connectivity index (χ4n) is 2.17. The number of halogens is 1. The largest absolute Gasteiger partial charge is 0.340 e. The van der Waals surface area contributed by atoms with Crippen molar-refractivity contribution in [3.63, 3.8) is 0 Å². The Morgan fingerprint density at radius 2 is 2.27 bits per heavy atom. The number of nitrogens with zero attached hydrogens (tertiary/aromatic N) is 1. The summed E-state index contributed by atoms with van der Waals surface area (Å²) in [4.78, 5) is 14.0. The van der Waals surface area contributed by atoms with Crippen molar-refractivity contribution in [3.8, 4) is 0 Å². The molecule has 2 saturated heterocycles. The molecule has 1 amide bonds. The molecule has 0 spiro atoms. The van der Waals surface area contributed by atoms with E-state index in [4.69, 9.17) is 0 Å². The molecule has 5 heteroatoms. The predicted molar refractivity (Wildman–Crippen MR) is 66.8 cm³/mol. The molecule has 0 bridgehead atoms. The summed E-state index contributed by atoms with van der Waals surface area (Å²) in [5.41, 5.74) is 0. The normalized spacial score (nSPS) is 30.3. The van der Waals surface area contributed by atoms with Gasteiger partial charge in [-0.15, -0.1) is 24.2 Å². The minimum absolute atomic E-state index is 0. The number of likely N-dealkylation sites (tertiary alicyclic amines) is 1. The minimum Gasteiger partial charge on any atom is -0.340 e. The molecular weight excluding hydrogens is 232 g/mol. The zero-order valence-electron chi connectivity index (χ0n) is 9.07. The number of nitrogens with one attached hydrogen (secondary N) is 1. The molecule has 2 fully saturated rings. The summed E-state index contributed by atoms with van der Waals surface area (Å²) in [5, 5.41) is 3.51. The van der Waals surface area contributed by atoms with Crippen molar-refractivity contribution >= 4 is 30.1 Å². The highest BCUT2D eigenvalue weighted by Gasteiger charge is 2.31. The first kappa shape index (κ1) is 13.1. The number of thioether (sulfide) groups is 1. The molecule has 2 heterocycles. The fourth-order valence-corrected chi connectivity index (χ4v) is 3.41. The van der Waals surface area contributed by atoms with Gasteiger partial charge in [0.2, 0.25) is 5.91 Å². The average molecular weight is 251 g/mol. The molecule has 2 aliphatic heterocycles. The van der Waals surface area contributed by atoms with Crippen LogP contribution in [0.4, 0.5) is 0 Å². The van der Waals surface area contributed by atoms with Crippen LogP contribution in [0.1, 0.15) is 19.3 Å². The monoisotopic (exact) mass is 250 g/mol. The van der Waals surface area contributed by atoms with Gasteiger partial charge in [-0.25, -0.2) is 0 Å². The van der Waals surface area contributed by atoms with Crippen LogP contribution in [0.25, 0.3) is 0 Å². The highest BCUT2D eigenvalue weighted by atomic mass is 35.5. The van der Waals surface area contributed by atoms with Crippen molar-refractivity contribution in [2.75, 3.05) is 25.9 Å². The Bertz CT molecular complexity index is 221. The maximum Gasteiger partial charge on any atom is 0.235 e. The predicted octanol–water partition coefficient (Wildman–Crippen LogP) is 1.12. The van der Waals surface area contributed by atoms with Crippen molar-refractivity contribution in [1.29, 1.82) is 0 Å². The van der Waals surface area contributed by atoms with Crippen LogP contribution in [-0.2, 0) is 4.79 Å². The first-order valence-electron chi connectivity index (χ1n) is 5.39. The van der Waals surface area contributed by atoms with Crippen LogP contribution < -0.4 is 5.32 Å². The van der Waals surface area contributed by atoms with Gasteiger partial charge in [-0.05, 0) is 32.1 Å². The second kappa shape index (κ2) is 5.97. The Morgan fingerprint density at radius 3 is 2.80 bits per heavy atom. The molecule has 0 aromatic rings. The van der Waals surface area contributed by atoms with Gasteiger partial charge in [0.15, 0.2) is 0 Å². The molecule has 0 aliphatic carbocycles. The topological polar surface area (TPSA) is 32.3 Å². The van der Waals surface area contributed by atoms with Crippen LogP contribution in [0.3, 0.4) is 0 Å². The third-order valence-electron chi connectivity index (χ3n) is 3.11.